The Balaban J connectivity index is 1.73. The van der Waals surface area contributed by atoms with Gasteiger partial charge in [-0.2, -0.15) is 0 Å². The number of hydrogen-bond acceptors (Lipinski definition) is 3. The molecule has 0 amide bonds. The average Bonchev–Trinajstić information content (AvgIpc) is 2.94. The van der Waals surface area contributed by atoms with E-state index in [9.17, 15) is 8.42 Å². The van der Waals surface area contributed by atoms with Gasteiger partial charge in [0, 0.05) is 0 Å². The van der Waals surface area contributed by atoms with Crippen molar-refractivity contribution >= 4 is 25.0 Å². The summed E-state index contributed by atoms with van der Waals surface area (Å²) in [6.45, 7) is 6.21. The van der Waals surface area contributed by atoms with Crippen LogP contribution in [0.5, 0.6) is 0 Å². The van der Waals surface area contributed by atoms with Gasteiger partial charge in [-0.3, -0.25) is 0 Å². The second-order valence-corrected chi connectivity index (χ2v) is 14.2. The first-order valence-electron chi connectivity index (χ1n) is 12.8. The molecule has 5 aromatic carbocycles. The van der Waals surface area contributed by atoms with E-state index < -0.39 is 39.5 Å². The second-order valence-electron chi connectivity index (χ2n) is 9.82. The molecule has 200 valence electrons. The minimum absolute atomic E-state index is 0.277. The summed E-state index contributed by atoms with van der Waals surface area (Å²) in [5, 5.41) is 1.89. The van der Waals surface area contributed by atoms with Gasteiger partial charge in [0.05, 0.1) is 0 Å². The molecule has 0 spiro atoms. The summed E-state index contributed by atoms with van der Waals surface area (Å²) in [4.78, 5) is 0.277. The minimum atomic E-state index is -3.94. The van der Waals surface area contributed by atoms with E-state index in [0.717, 1.165) is 37.2 Å². The average molecular weight is 622 g/mol. The molecule has 2 atom stereocenters. The van der Waals surface area contributed by atoms with Crippen LogP contribution in [0, 0.1) is 20.8 Å². The van der Waals surface area contributed by atoms with Crippen LogP contribution in [0.1, 0.15) is 39.9 Å². The molecule has 2 unspecified atom stereocenters. The zero-order chi connectivity index (χ0) is 27.6. The molecule has 0 aliphatic rings. The van der Waals surface area contributed by atoms with Gasteiger partial charge in [-0.25, -0.2) is 0 Å². The third-order valence-electron chi connectivity index (χ3n) is 6.84. The predicted octanol–water partition coefficient (Wildman–Crippen LogP) is 6.52. The number of aryl methyl sites for hydroxylation is 3. The van der Waals surface area contributed by atoms with E-state index >= 15 is 0 Å². The first-order valence-corrected chi connectivity index (χ1v) is 15.9. The Bertz CT molecular complexity index is 1680. The third-order valence-corrected chi connectivity index (χ3v) is 12.6. The molecule has 0 saturated carbocycles. The molecule has 5 rings (SSSR count). The Morgan fingerprint density at radius 2 is 1.21 bits per heavy atom. The fourth-order valence-corrected chi connectivity index (χ4v) is 9.91. The summed E-state index contributed by atoms with van der Waals surface area (Å²) in [6.07, 6.45) is 0. The topological polar surface area (TPSA) is 63.4 Å². The van der Waals surface area contributed by atoms with Crippen molar-refractivity contribution in [3.8, 4) is 0 Å². The molecular weight excluding hydrogens is 590 g/mol. The Morgan fingerprint density at radius 3 is 1.82 bits per heavy atom. The Hall–Kier alpha value is -3.15. The van der Waals surface area contributed by atoms with Gasteiger partial charge in [-0.05, 0) is 0 Å². The third kappa shape index (κ3) is 5.75. The van der Waals surface area contributed by atoms with Gasteiger partial charge >= 0.3 is 240 Å². The van der Waals surface area contributed by atoms with Crippen LogP contribution < -0.4 is 9.89 Å². The van der Waals surface area contributed by atoms with E-state index in [1.165, 1.54) is 5.56 Å². The van der Waals surface area contributed by atoms with Crippen LogP contribution in [0.3, 0.4) is 0 Å². The number of fused-ring (bicyclic) bond motifs is 1. The van der Waals surface area contributed by atoms with Crippen LogP contribution in [0.2, 0.25) is 0 Å². The van der Waals surface area contributed by atoms with E-state index in [2.05, 4.69) is 32.9 Å². The van der Waals surface area contributed by atoms with Gasteiger partial charge in [0.15, 0.2) is 0 Å². The van der Waals surface area contributed by atoms with Crippen molar-refractivity contribution in [2.24, 2.45) is 5.73 Å². The van der Waals surface area contributed by atoms with Gasteiger partial charge in [-0.1, -0.05) is 0 Å². The number of nitrogens with zero attached hydrogens (tertiary/aromatic N) is 1. The fraction of sp³-hybridized carbons (Fsp3) is 0.152. The number of rotatable bonds is 8. The molecule has 4 nitrogen and oxygen atoms in total. The van der Waals surface area contributed by atoms with Crippen LogP contribution in [-0.4, -0.2) is 11.5 Å². The van der Waals surface area contributed by atoms with E-state index in [4.69, 9.17) is 5.73 Å². The molecule has 0 saturated heterocycles. The standard InChI is InChI=1S/C24H21N2O2S.C9H11.Ru/c25-23(19-10-3-1-4-11-19)24(20-12-5-2-6-13-20)26-29(27,28)22-16-15-18-9-7-8-14-21(18)17-22;1-7-4-8(2)6-9(3)5-7;/h1-17,23-24H,25H2;4-5H,1-3H3;/q-1;;+1. The SMILES string of the molecule is Cc1cc(C)[c]([Ru][N](C(c2ccccc2)C(N)c2ccccc2)S(=O)(=O)c2ccc3ccccc3c2)c(C)c1. The van der Waals surface area contributed by atoms with Crippen molar-refractivity contribution in [3.63, 3.8) is 0 Å². The summed E-state index contributed by atoms with van der Waals surface area (Å²) >= 11 is -0.930. The van der Waals surface area contributed by atoms with Gasteiger partial charge in [0.25, 0.3) is 0 Å². The normalized spacial score (nSPS) is 13.6. The summed E-state index contributed by atoms with van der Waals surface area (Å²) in [5.74, 6) is 0. The van der Waals surface area contributed by atoms with E-state index in [-0.39, 0.29) is 4.90 Å². The molecule has 0 radical (unpaired) electrons. The summed E-state index contributed by atoms with van der Waals surface area (Å²) in [6, 6.07) is 35.9. The van der Waals surface area contributed by atoms with Crippen LogP contribution >= 0.6 is 0 Å². The van der Waals surface area contributed by atoms with E-state index in [1.54, 1.807) is 15.2 Å². The quantitative estimate of drug-likeness (QED) is 0.201. The van der Waals surface area contributed by atoms with Crippen LogP contribution in [0.4, 0.5) is 0 Å². The van der Waals surface area contributed by atoms with Crippen molar-refractivity contribution < 1.29 is 25.8 Å². The van der Waals surface area contributed by atoms with E-state index in [1.807, 2.05) is 91.0 Å². The van der Waals surface area contributed by atoms with Crippen LogP contribution in [0.15, 0.2) is 120 Å². The van der Waals surface area contributed by atoms with Gasteiger partial charge in [-0.15, -0.1) is 0 Å². The summed E-state index contributed by atoms with van der Waals surface area (Å²) < 4.78 is 32.2. The fourth-order valence-electron chi connectivity index (χ4n) is 4.98. The molecule has 39 heavy (non-hydrogen) atoms. The molecule has 5 aromatic rings. The van der Waals surface area contributed by atoms with Gasteiger partial charge < -0.3 is 0 Å². The zero-order valence-corrected chi connectivity index (χ0v) is 24.8. The summed E-state index contributed by atoms with van der Waals surface area (Å²) in [7, 11) is -3.94. The van der Waals surface area contributed by atoms with Crippen molar-refractivity contribution in [3.05, 3.63) is 143 Å². The molecule has 0 aliphatic heterocycles. The second kappa shape index (κ2) is 11.5. The summed E-state index contributed by atoms with van der Waals surface area (Å²) in [5.41, 5.74) is 12.1. The zero-order valence-electron chi connectivity index (χ0n) is 22.2. The van der Waals surface area contributed by atoms with Gasteiger partial charge in [0.2, 0.25) is 0 Å². The molecule has 0 aliphatic carbocycles. The molecule has 0 fully saturated rings. The first-order chi connectivity index (χ1) is 18.8. The van der Waals surface area contributed by atoms with Crippen LogP contribution in [0.25, 0.3) is 10.8 Å². The number of sulfonamides is 1. The van der Waals surface area contributed by atoms with Crippen molar-refractivity contribution in [2.75, 3.05) is 0 Å². The Labute approximate surface area is 239 Å². The Morgan fingerprint density at radius 1 is 0.667 bits per heavy atom. The molecule has 0 bridgehead atoms. The number of nitrogens with two attached hydrogens (primary N) is 1. The molecule has 6 heteroatoms. The first kappa shape index (κ1) is 27.4. The predicted molar refractivity (Wildman–Crippen MR) is 156 cm³/mol. The van der Waals surface area contributed by atoms with Crippen molar-refractivity contribution in [1.82, 2.24) is 3.05 Å². The van der Waals surface area contributed by atoms with Gasteiger partial charge in [0.1, 0.15) is 0 Å². The molecule has 2 N–H and O–H groups in total. The molecular formula is C33H32N2O2RuS. The van der Waals surface area contributed by atoms with E-state index in [0.29, 0.717) is 0 Å². The van der Waals surface area contributed by atoms with Crippen LogP contribution in [-0.2, 0) is 27.4 Å². The Kier molecular flexibility index (Phi) is 8.11. The van der Waals surface area contributed by atoms with Crippen molar-refractivity contribution in [1.29, 1.82) is 0 Å². The molecule has 0 heterocycles. The monoisotopic (exact) mass is 622 g/mol. The maximum absolute atomic E-state index is 14.7. The number of benzene rings is 5. The number of hydrogen-bond donors (Lipinski definition) is 1. The maximum atomic E-state index is 14.7. The molecule has 0 aromatic heterocycles. The van der Waals surface area contributed by atoms with Crippen molar-refractivity contribution in [2.45, 2.75) is 37.8 Å².